The van der Waals surface area contributed by atoms with Crippen LogP contribution in [0.1, 0.15) is 39.5 Å². The Kier molecular flexibility index (Phi) is 6.62. The maximum atomic E-state index is 5.56. The van der Waals surface area contributed by atoms with Crippen LogP contribution in [0.3, 0.4) is 0 Å². The second-order valence-corrected chi connectivity index (χ2v) is 2.89. The van der Waals surface area contributed by atoms with Crippen LogP contribution in [-0.4, -0.2) is 5.88 Å². The van der Waals surface area contributed by atoms with Crippen molar-refractivity contribution in [3.05, 3.63) is 0 Å². The van der Waals surface area contributed by atoms with Crippen molar-refractivity contribution in [3.63, 3.8) is 0 Å². The average Bonchev–Trinajstić information content (AvgIpc) is 1.91. The minimum Gasteiger partial charge on any atom is -0.127 e. The Hall–Kier alpha value is 0.290. The van der Waals surface area contributed by atoms with E-state index in [-0.39, 0.29) is 0 Å². The Morgan fingerprint density at radius 1 is 1.22 bits per heavy atom. The molecule has 0 radical (unpaired) electrons. The predicted molar refractivity (Wildman–Crippen MR) is 44.0 cm³/mol. The fourth-order valence-corrected chi connectivity index (χ4v) is 1.22. The van der Waals surface area contributed by atoms with Gasteiger partial charge in [-0.05, 0) is 18.8 Å². The smallest absolute Gasteiger partial charge is 0.0223 e. The summed E-state index contributed by atoms with van der Waals surface area (Å²) in [5, 5.41) is 0. The van der Waals surface area contributed by atoms with Gasteiger partial charge in [-0.3, -0.25) is 0 Å². The molecular formula is C8H17Cl. The van der Waals surface area contributed by atoms with Gasteiger partial charge in [0.2, 0.25) is 0 Å². The Morgan fingerprint density at radius 3 is 2.11 bits per heavy atom. The normalized spacial score (nSPS) is 10.7. The Morgan fingerprint density at radius 2 is 1.78 bits per heavy atom. The standard InChI is InChI=1S/C8H17Cl/c1-3-8(4-2)6-5-7-9/h8H,3-7H2,1-2H3. The molecule has 0 nitrogen and oxygen atoms in total. The van der Waals surface area contributed by atoms with Gasteiger partial charge in [0.25, 0.3) is 0 Å². The average molecular weight is 149 g/mol. The van der Waals surface area contributed by atoms with Crippen LogP contribution in [0.15, 0.2) is 0 Å². The van der Waals surface area contributed by atoms with Crippen molar-refractivity contribution >= 4 is 11.6 Å². The lowest BCUT2D eigenvalue weighted by Gasteiger charge is -2.09. The molecule has 0 aromatic rings. The fourth-order valence-electron chi connectivity index (χ4n) is 1.06. The monoisotopic (exact) mass is 148 g/mol. The molecule has 0 aromatic carbocycles. The van der Waals surface area contributed by atoms with Gasteiger partial charge in [-0.1, -0.05) is 26.7 Å². The van der Waals surface area contributed by atoms with Crippen molar-refractivity contribution in [2.45, 2.75) is 39.5 Å². The molecule has 0 aliphatic rings. The van der Waals surface area contributed by atoms with Crippen molar-refractivity contribution in [3.8, 4) is 0 Å². The first-order valence-electron chi connectivity index (χ1n) is 3.91. The van der Waals surface area contributed by atoms with E-state index in [1.54, 1.807) is 0 Å². The Bertz CT molecular complexity index is 48.5. The van der Waals surface area contributed by atoms with Gasteiger partial charge in [-0.15, -0.1) is 11.6 Å². The molecule has 0 aliphatic heterocycles. The van der Waals surface area contributed by atoms with Crippen LogP contribution in [0.25, 0.3) is 0 Å². The highest BCUT2D eigenvalue weighted by Crippen LogP contribution is 2.14. The van der Waals surface area contributed by atoms with Crippen molar-refractivity contribution in [2.24, 2.45) is 5.92 Å². The van der Waals surface area contributed by atoms with Gasteiger partial charge >= 0.3 is 0 Å². The largest absolute Gasteiger partial charge is 0.127 e. The van der Waals surface area contributed by atoms with Crippen LogP contribution in [0.5, 0.6) is 0 Å². The topological polar surface area (TPSA) is 0 Å². The second-order valence-electron chi connectivity index (χ2n) is 2.51. The summed E-state index contributed by atoms with van der Waals surface area (Å²) in [6, 6.07) is 0. The predicted octanol–water partition coefficient (Wildman–Crippen LogP) is 3.44. The third-order valence-electron chi connectivity index (χ3n) is 1.90. The zero-order valence-corrected chi connectivity index (χ0v) is 7.25. The molecule has 0 N–H and O–H groups in total. The van der Waals surface area contributed by atoms with E-state index in [4.69, 9.17) is 11.6 Å². The molecule has 9 heavy (non-hydrogen) atoms. The third kappa shape index (κ3) is 4.77. The van der Waals surface area contributed by atoms with Crippen LogP contribution in [0, 0.1) is 5.92 Å². The van der Waals surface area contributed by atoms with Crippen LogP contribution in [0.4, 0.5) is 0 Å². The zero-order valence-electron chi connectivity index (χ0n) is 6.49. The lowest BCUT2D eigenvalue weighted by atomic mass is 9.98. The molecule has 0 rings (SSSR count). The Labute approximate surface area is 63.6 Å². The van der Waals surface area contributed by atoms with Gasteiger partial charge in [0.15, 0.2) is 0 Å². The van der Waals surface area contributed by atoms with Gasteiger partial charge in [0.1, 0.15) is 0 Å². The van der Waals surface area contributed by atoms with Gasteiger partial charge in [0, 0.05) is 5.88 Å². The summed E-state index contributed by atoms with van der Waals surface area (Å²) in [4.78, 5) is 0. The maximum absolute atomic E-state index is 5.56. The van der Waals surface area contributed by atoms with E-state index in [0.717, 1.165) is 11.8 Å². The fraction of sp³-hybridized carbons (Fsp3) is 1.00. The van der Waals surface area contributed by atoms with E-state index < -0.39 is 0 Å². The molecular weight excluding hydrogens is 132 g/mol. The highest BCUT2D eigenvalue weighted by atomic mass is 35.5. The third-order valence-corrected chi connectivity index (χ3v) is 2.17. The summed E-state index contributed by atoms with van der Waals surface area (Å²) in [7, 11) is 0. The van der Waals surface area contributed by atoms with Crippen molar-refractivity contribution in [1.82, 2.24) is 0 Å². The molecule has 0 unspecified atom stereocenters. The molecule has 0 aliphatic carbocycles. The van der Waals surface area contributed by atoms with Gasteiger partial charge in [0.05, 0.1) is 0 Å². The molecule has 0 fully saturated rings. The summed E-state index contributed by atoms with van der Waals surface area (Å²) in [5.74, 6) is 1.75. The molecule has 0 heterocycles. The van der Waals surface area contributed by atoms with E-state index in [1.165, 1.54) is 25.7 Å². The summed E-state index contributed by atoms with van der Waals surface area (Å²) in [6.07, 6.45) is 5.13. The number of alkyl halides is 1. The molecule has 0 bridgehead atoms. The highest BCUT2D eigenvalue weighted by molar-refractivity contribution is 6.17. The quantitative estimate of drug-likeness (QED) is 0.524. The first kappa shape index (κ1) is 9.29. The van der Waals surface area contributed by atoms with E-state index in [9.17, 15) is 0 Å². The first-order valence-corrected chi connectivity index (χ1v) is 4.44. The number of hydrogen-bond donors (Lipinski definition) is 0. The van der Waals surface area contributed by atoms with Crippen molar-refractivity contribution in [1.29, 1.82) is 0 Å². The molecule has 0 aromatic heterocycles. The molecule has 0 saturated carbocycles. The van der Waals surface area contributed by atoms with E-state index in [1.807, 2.05) is 0 Å². The van der Waals surface area contributed by atoms with E-state index in [2.05, 4.69) is 13.8 Å². The maximum Gasteiger partial charge on any atom is 0.0223 e. The minimum absolute atomic E-state index is 0.830. The van der Waals surface area contributed by atoms with Crippen LogP contribution < -0.4 is 0 Å². The van der Waals surface area contributed by atoms with Crippen LogP contribution in [0.2, 0.25) is 0 Å². The molecule has 56 valence electrons. The summed E-state index contributed by atoms with van der Waals surface area (Å²) < 4.78 is 0. The number of halogens is 1. The molecule has 0 amide bonds. The lowest BCUT2D eigenvalue weighted by molar-refractivity contribution is 0.452. The summed E-state index contributed by atoms with van der Waals surface area (Å²) >= 11 is 5.56. The number of hydrogen-bond acceptors (Lipinski definition) is 0. The molecule has 0 saturated heterocycles. The van der Waals surface area contributed by atoms with E-state index >= 15 is 0 Å². The Balaban J connectivity index is 3.09. The van der Waals surface area contributed by atoms with Crippen molar-refractivity contribution in [2.75, 3.05) is 5.88 Å². The van der Waals surface area contributed by atoms with Gasteiger partial charge in [-0.25, -0.2) is 0 Å². The van der Waals surface area contributed by atoms with Crippen LogP contribution >= 0.6 is 11.6 Å². The van der Waals surface area contributed by atoms with Crippen molar-refractivity contribution < 1.29 is 0 Å². The van der Waals surface area contributed by atoms with Gasteiger partial charge < -0.3 is 0 Å². The second kappa shape index (κ2) is 6.41. The number of rotatable bonds is 5. The molecule has 1 heteroatoms. The lowest BCUT2D eigenvalue weighted by Crippen LogP contribution is -1.96. The first-order chi connectivity index (χ1) is 4.35. The zero-order chi connectivity index (χ0) is 7.11. The molecule has 0 spiro atoms. The minimum atomic E-state index is 0.830. The van der Waals surface area contributed by atoms with Crippen LogP contribution in [-0.2, 0) is 0 Å². The van der Waals surface area contributed by atoms with E-state index in [0.29, 0.717) is 0 Å². The van der Waals surface area contributed by atoms with Gasteiger partial charge in [-0.2, -0.15) is 0 Å². The highest BCUT2D eigenvalue weighted by Gasteiger charge is 2.00. The summed E-state index contributed by atoms with van der Waals surface area (Å²) in [5.41, 5.74) is 0. The molecule has 0 atom stereocenters. The SMILES string of the molecule is CCC(CC)CCCCl. The summed E-state index contributed by atoms with van der Waals surface area (Å²) in [6.45, 7) is 4.50.